The van der Waals surface area contributed by atoms with Crippen LogP contribution >= 0.6 is 0 Å². The van der Waals surface area contributed by atoms with Gasteiger partial charge in [0.2, 0.25) is 0 Å². The lowest BCUT2D eigenvalue weighted by Gasteiger charge is -2.18. The van der Waals surface area contributed by atoms with Crippen molar-refractivity contribution >= 4 is 23.5 Å². The molecule has 0 aliphatic carbocycles. The average molecular weight is 295 g/mol. The van der Waals surface area contributed by atoms with E-state index in [1.165, 1.54) is 12.1 Å². The van der Waals surface area contributed by atoms with E-state index in [9.17, 15) is 14.4 Å². The number of anilines is 1. The molecule has 2 amide bonds. The molecule has 22 heavy (non-hydrogen) atoms. The van der Waals surface area contributed by atoms with Crippen LogP contribution in [0.15, 0.2) is 42.5 Å². The third kappa shape index (κ3) is 1.98. The number of aryl methyl sites for hydroxylation is 1. The number of imide groups is 1. The van der Waals surface area contributed by atoms with Gasteiger partial charge in [-0.05, 0) is 36.2 Å². The van der Waals surface area contributed by atoms with Crippen LogP contribution < -0.4 is 4.90 Å². The number of carboxylic acids is 1. The number of benzene rings is 2. The van der Waals surface area contributed by atoms with E-state index in [1.54, 1.807) is 30.3 Å². The maximum atomic E-state index is 12.5. The van der Waals surface area contributed by atoms with Gasteiger partial charge in [-0.1, -0.05) is 25.1 Å². The van der Waals surface area contributed by atoms with Gasteiger partial charge in [-0.2, -0.15) is 0 Å². The van der Waals surface area contributed by atoms with Crippen molar-refractivity contribution in [1.82, 2.24) is 0 Å². The van der Waals surface area contributed by atoms with Gasteiger partial charge in [0.15, 0.2) is 0 Å². The highest BCUT2D eigenvalue weighted by atomic mass is 16.4. The van der Waals surface area contributed by atoms with Gasteiger partial charge in [0.1, 0.15) is 0 Å². The molecule has 1 heterocycles. The summed E-state index contributed by atoms with van der Waals surface area (Å²) in [5.74, 6) is -1.93. The maximum absolute atomic E-state index is 12.5. The summed E-state index contributed by atoms with van der Waals surface area (Å²) >= 11 is 0. The zero-order chi connectivity index (χ0) is 15.9. The van der Waals surface area contributed by atoms with E-state index in [0.717, 1.165) is 10.5 Å². The molecule has 0 saturated heterocycles. The molecule has 5 nitrogen and oxygen atoms in total. The van der Waals surface area contributed by atoms with Crippen molar-refractivity contribution in [2.75, 3.05) is 4.90 Å². The minimum atomic E-state index is -1.10. The molecule has 0 fully saturated rings. The van der Waals surface area contributed by atoms with E-state index in [2.05, 4.69) is 0 Å². The fraction of sp³-hybridized carbons (Fsp3) is 0.118. The zero-order valence-electron chi connectivity index (χ0n) is 11.9. The van der Waals surface area contributed by atoms with Crippen molar-refractivity contribution in [3.63, 3.8) is 0 Å². The number of carboxylic acid groups (broad SMARTS) is 1. The Labute approximate surface area is 126 Å². The van der Waals surface area contributed by atoms with Gasteiger partial charge in [0, 0.05) is 0 Å². The van der Waals surface area contributed by atoms with Crippen LogP contribution in [0.25, 0.3) is 0 Å². The molecule has 0 aromatic heterocycles. The quantitative estimate of drug-likeness (QED) is 0.883. The Morgan fingerprint density at radius 1 is 1.05 bits per heavy atom. The summed E-state index contributed by atoms with van der Waals surface area (Å²) < 4.78 is 0. The summed E-state index contributed by atoms with van der Waals surface area (Å²) in [6, 6.07) is 11.1. The molecular weight excluding hydrogens is 282 g/mol. The number of carbonyl (C=O) groups is 3. The third-order valence-electron chi connectivity index (χ3n) is 3.75. The highest BCUT2D eigenvalue weighted by molar-refractivity contribution is 6.34. The van der Waals surface area contributed by atoms with Gasteiger partial charge >= 0.3 is 5.97 Å². The van der Waals surface area contributed by atoms with Crippen molar-refractivity contribution in [2.24, 2.45) is 0 Å². The molecule has 3 rings (SSSR count). The fourth-order valence-corrected chi connectivity index (χ4v) is 2.61. The molecule has 0 radical (unpaired) electrons. The van der Waals surface area contributed by atoms with Crippen LogP contribution in [0.1, 0.15) is 43.6 Å². The molecule has 1 N–H and O–H groups in total. The minimum absolute atomic E-state index is 0.0451. The first-order valence-corrected chi connectivity index (χ1v) is 6.88. The fourth-order valence-electron chi connectivity index (χ4n) is 2.61. The van der Waals surface area contributed by atoms with E-state index in [1.807, 2.05) is 6.92 Å². The van der Waals surface area contributed by atoms with Gasteiger partial charge in [-0.3, -0.25) is 9.59 Å². The van der Waals surface area contributed by atoms with E-state index in [0.29, 0.717) is 23.2 Å². The number of fused-ring (bicyclic) bond motifs is 1. The molecule has 1 aliphatic rings. The molecule has 1 aliphatic heterocycles. The summed E-state index contributed by atoms with van der Waals surface area (Å²) in [5, 5.41) is 9.13. The lowest BCUT2D eigenvalue weighted by Crippen LogP contribution is -2.30. The second kappa shape index (κ2) is 5.11. The Balaban J connectivity index is 2.16. The van der Waals surface area contributed by atoms with Crippen molar-refractivity contribution in [3.8, 4) is 0 Å². The van der Waals surface area contributed by atoms with Gasteiger partial charge in [-0.15, -0.1) is 0 Å². The SMILES string of the molecule is CCc1ccc(C(=O)O)cc1N1C(=O)c2ccccc2C1=O. The Morgan fingerprint density at radius 3 is 2.14 bits per heavy atom. The van der Waals surface area contributed by atoms with Crippen LogP contribution in [-0.4, -0.2) is 22.9 Å². The number of amides is 2. The predicted molar refractivity (Wildman–Crippen MR) is 80.4 cm³/mol. The number of nitrogens with zero attached hydrogens (tertiary/aromatic N) is 1. The number of hydrogen-bond acceptors (Lipinski definition) is 3. The molecule has 0 bridgehead atoms. The highest BCUT2D eigenvalue weighted by Gasteiger charge is 2.37. The molecular formula is C17H13NO4. The van der Waals surface area contributed by atoms with Crippen LogP contribution in [0.2, 0.25) is 0 Å². The number of hydrogen-bond donors (Lipinski definition) is 1. The van der Waals surface area contributed by atoms with E-state index in [4.69, 9.17) is 5.11 Å². The van der Waals surface area contributed by atoms with Gasteiger partial charge in [0.25, 0.3) is 11.8 Å². The molecule has 110 valence electrons. The maximum Gasteiger partial charge on any atom is 0.335 e. The highest BCUT2D eigenvalue weighted by Crippen LogP contribution is 2.31. The molecule has 0 unspecified atom stereocenters. The smallest absolute Gasteiger partial charge is 0.335 e. The first-order chi connectivity index (χ1) is 10.5. The van der Waals surface area contributed by atoms with Gasteiger partial charge < -0.3 is 5.11 Å². The molecule has 0 atom stereocenters. The summed E-state index contributed by atoms with van der Waals surface area (Å²) in [5.41, 5.74) is 1.82. The summed E-state index contributed by atoms with van der Waals surface area (Å²) in [6.45, 7) is 1.89. The number of rotatable bonds is 3. The Hall–Kier alpha value is -2.95. The van der Waals surface area contributed by atoms with Crippen molar-refractivity contribution in [1.29, 1.82) is 0 Å². The van der Waals surface area contributed by atoms with Crippen LogP contribution in [0.3, 0.4) is 0 Å². The largest absolute Gasteiger partial charge is 0.478 e. The lowest BCUT2D eigenvalue weighted by atomic mass is 10.1. The van der Waals surface area contributed by atoms with Crippen LogP contribution in [0.5, 0.6) is 0 Å². The zero-order valence-corrected chi connectivity index (χ0v) is 11.9. The monoisotopic (exact) mass is 295 g/mol. The Bertz CT molecular complexity index is 775. The van der Waals surface area contributed by atoms with E-state index >= 15 is 0 Å². The van der Waals surface area contributed by atoms with E-state index < -0.39 is 17.8 Å². The second-order valence-electron chi connectivity index (χ2n) is 4.99. The number of aromatic carboxylic acids is 1. The summed E-state index contributed by atoms with van der Waals surface area (Å²) in [6.07, 6.45) is 0.586. The summed E-state index contributed by atoms with van der Waals surface area (Å²) in [4.78, 5) is 37.3. The first kappa shape index (κ1) is 14.0. The van der Waals surface area contributed by atoms with Crippen LogP contribution in [-0.2, 0) is 6.42 Å². The normalized spacial score (nSPS) is 13.4. The molecule has 2 aromatic carbocycles. The lowest BCUT2D eigenvalue weighted by molar-refractivity contribution is 0.0695. The van der Waals surface area contributed by atoms with Crippen molar-refractivity contribution in [2.45, 2.75) is 13.3 Å². The van der Waals surface area contributed by atoms with Crippen LogP contribution in [0, 0.1) is 0 Å². The van der Waals surface area contributed by atoms with Gasteiger partial charge in [-0.25, -0.2) is 9.69 Å². The van der Waals surface area contributed by atoms with Gasteiger partial charge in [0.05, 0.1) is 22.4 Å². The Morgan fingerprint density at radius 2 is 1.64 bits per heavy atom. The third-order valence-corrected chi connectivity index (χ3v) is 3.75. The van der Waals surface area contributed by atoms with Crippen molar-refractivity contribution < 1.29 is 19.5 Å². The Kier molecular flexibility index (Phi) is 3.25. The van der Waals surface area contributed by atoms with Crippen molar-refractivity contribution in [3.05, 3.63) is 64.7 Å². The summed E-state index contributed by atoms with van der Waals surface area (Å²) in [7, 11) is 0. The standard InChI is InChI=1S/C17H13NO4/c1-2-10-7-8-11(17(21)22)9-14(10)18-15(19)12-5-3-4-6-13(12)16(18)20/h3-9H,2H2,1H3,(H,21,22). The number of carbonyl (C=O) groups excluding carboxylic acids is 2. The predicted octanol–water partition coefficient (Wildman–Crippen LogP) is 2.75. The van der Waals surface area contributed by atoms with E-state index in [-0.39, 0.29) is 5.56 Å². The molecule has 5 heteroatoms. The molecule has 0 spiro atoms. The minimum Gasteiger partial charge on any atom is -0.478 e. The topological polar surface area (TPSA) is 74.7 Å². The molecule has 2 aromatic rings. The average Bonchev–Trinajstić information content (AvgIpc) is 2.78. The second-order valence-corrected chi connectivity index (χ2v) is 4.99. The molecule has 0 saturated carbocycles. The van der Waals surface area contributed by atoms with Crippen LogP contribution in [0.4, 0.5) is 5.69 Å². The first-order valence-electron chi connectivity index (χ1n) is 6.88.